The molecule has 0 radical (unpaired) electrons. The molecule has 0 saturated carbocycles. The largest absolute Gasteiger partial charge is 0.481 e. The maximum Gasteiger partial charge on any atom is 0.326 e. The Kier molecular flexibility index (Phi) is 13.3. The molecular formula is C18H32N8O9. The Hall–Kier alpha value is -3.99. The lowest BCUT2D eigenvalue weighted by molar-refractivity contribution is -0.144. The Morgan fingerprint density at radius 1 is 0.857 bits per heavy atom. The van der Waals surface area contributed by atoms with Crippen LogP contribution in [0.2, 0.25) is 0 Å². The lowest BCUT2D eigenvalue weighted by atomic mass is 10.1. The van der Waals surface area contributed by atoms with E-state index in [1.807, 2.05) is 5.32 Å². The minimum absolute atomic E-state index is 0.0895. The van der Waals surface area contributed by atoms with E-state index >= 15 is 0 Å². The Morgan fingerprint density at radius 3 is 1.89 bits per heavy atom. The van der Waals surface area contributed by atoms with Gasteiger partial charge >= 0.3 is 11.9 Å². The van der Waals surface area contributed by atoms with Gasteiger partial charge in [-0.2, -0.15) is 0 Å². The van der Waals surface area contributed by atoms with Gasteiger partial charge in [-0.05, 0) is 19.8 Å². The van der Waals surface area contributed by atoms with Gasteiger partial charge in [0.15, 0.2) is 5.96 Å². The van der Waals surface area contributed by atoms with E-state index in [2.05, 4.69) is 15.6 Å². The van der Waals surface area contributed by atoms with Crippen LogP contribution in [0.5, 0.6) is 0 Å². The molecule has 0 aliphatic carbocycles. The molecule has 0 aromatic heterocycles. The average molecular weight is 505 g/mol. The van der Waals surface area contributed by atoms with Crippen molar-refractivity contribution in [2.45, 2.75) is 62.9 Å². The number of carboxylic acid groups (broad SMARTS) is 2. The first-order valence-corrected chi connectivity index (χ1v) is 10.3. The molecule has 0 saturated heterocycles. The van der Waals surface area contributed by atoms with Gasteiger partial charge in [0.25, 0.3) is 0 Å². The monoisotopic (exact) mass is 504 g/mol. The van der Waals surface area contributed by atoms with Crippen LogP contribution in [0, 0.1) is 0 Å². The zero-order valence-electron chi connectivity index (χ0n) is 19.0. The van der Waals surface area contributed by atoms with Crippen molar-refractivity contribution in [2.24, 2.45) is 27.9 Å². The minimum Gasteiger partial charge on any atom is -0.481 e. The molecule has 0 heterocycles. The highest BCUT2D eigenvalue weighted by Crippen LogP contribution is 2.03. The summed E-state index contributed by atoms with van der Waals surface area (Å²) in [6.07, 6.45) is -2.97. The summed E-state index contributed by atoms with van der Waals surface area (Å²) in [7, 11) is 0. The van der Waals surface area contributed by atoms with E-state index in [4.69, 9.17) is 28.0 Å². The summed E-state index contributed by atoms with van der Waals surface area (Å²) in [5.41, 5.74) is 20.8. The van der Waals surface area contributed by atoms with Gasteiger partial charge in [-0.3, -0.25) is 29.0 Å². The summed E-state index contributed by atoms with van der Waals surface area (Å²) in [4.78, 5) is 74.5. The number of carbonyl (C=O) groups excluding carboxylic acids is 4. The van der Waals surface area contributed by atoms with E-state index < -0.39 is 78.7 Å². The predicted molar refractivity (Wildman–Crippen MR) is 119 cm³/mol. The van der Waals surface area contributed by atoms with Crippen molar-refractivity contribution in [1.29, 1.82) is 0 Å². The lowest BCUT2D eigenvalue weighted by Gasteiger charge is -2.26. The predicted octanol–water partition coefficient (Wildman–Crippen LogP) is -5.36. The Morgan fingerprint density at radius 2 is 1.43 bits per heavy atom. The molecule has 4 amide bonds. The molecule has 0 spiro atoms. The van der Waals surface area contributed by atoms with Crippen LogP contribution in [0.3, 0.4) is 0 Å². The van der Waals surface area contributed by atoms with Crippen LogP contribution in [-0.2, 0) is 28.8 Å². The number of amides is 4. The van der Waals surface area contributed by atoms with E-state index in [0.29, 0.717) is 0 Å². The number of nitrogens with two attached hydrogens (primary N) is 4. The molecule has 0 rings (SSSR count). The first kappa shape index (κ1) is 31.0. The van der Waals surface area contributed by atoms with Crippen molar-refractivity contribution < 1.29 is 44.1 Å². The van der Waals surface area contributed by atoms with Crippen molar-refractivity contribution in [1.82, 2.24) is 16.0 Å². The number of rotatable bonds is 16. The highest BCUT2D eigenvalue weighted by atomic mass is 16.4. The van der Waals surface area contributed by atoms with Gasteiger partial charge in [0.1, 0.15) is 18.1 Å². The molecule has 17 heteroatoms. The number of nitrogens with one attached hydrogen (secondary N) is 3. The number of aliphatic hydroxyl groups excluding tert-OH is 1. The van der Waals surface area contributed by atoms with Crippen molar-refractivity contribution in [3.63, 3.8) is 0 Å². The van der Waals surface area contributed by atoms with Gasteiger partial charge in [-0.25, -0.2) is 4.79 Å². The maximum absolute atomic E-state index is 12.6. The first-order chi connectivity index (χ1) is 16.1. The van der Waals surface area contributed by atoms with Gasteiger partial charge in [0.2, 0.25) is 23.6 Å². The fourth-order valence-corrected chi connectivity index (χ4v) is 2.65. The summed E-state index contributed by atoms with van der Waals surface area (Å²) in [6.45, 7) is 1.21. The first-order valence-electron chi connectivity index (χ1n) is 10.3. The summed E-state index contributed by atoms with van der Waals surface area (Å²) < 4.78 is 0. The molecule has 0 aliphatic heterocycles. The van der Waals surface area contributed by atoms with Gasteiger partial charge in [0, 0.05) is 6.54 Å². The summed E-state index contributed by atoms with van der Waals surface area (Å²) in [5, 5.41) is 34.6. The molecule has 0 fully saturated rings. The topological polar surface area (TPSA) is 316 Å². The van der Waals surface area contributed by atoms with Gasteiger partial charge in [0.05, 0.1) is 25.0 Å². The second-order valence-electron chi connectivity index (χ2n) is 7.51. The molecule has 17 nitrogen and oxygen atoms in total. The molecule has 0 aromatic carbocycles. The number of aliphatic carboxylic acids is 2. The van der Waals surface area contributed by atoms with Crippen molar-refractivity contribution in [2.75, 3.05) is 6.54 Å². The van der Waals surface area contributed by atoms with E-state index in [1.165, 1.54) is 0 Å². The SMILES string of the molecule is CC(O)C(NC(=O)C(CC(=O)O)NC(=O)C(N)CC(N)=O)C(=O)NC(CCCN=C(N)N)C(=O)O. The van der Waals surface area contributed by atoms with E-state index in [1.54, 1.807) is 0 Å². The van der Waals surface area contributed by atoms with Crippen molar-refractivity contribution >= 4 is 41.5 Å². The van der Waals surface area contributed by atoms with Crippen LogP contribution < -0.4 is 38.9 Å². The van der Waals surface area contributed by atoms with Crippen molar-refractivity contribution in [3.05, 3.63) is 0 Å². The quantitative estimate of drug-likeness (QED) is 0.0535. The maximum atomic E-state index is 12.6. The zero-order chi connectivity index (χ0) is 27.3. The second kappa shape index (κ2) is 15.0. The molecule has 35 heavy (non-hydrogen) atoms. The van der Waals surface area contributed by atoms with E-state index in [0.717, 1.165) is 6.92 Å². The van der Waals surface area contributed by atoms with Crippen LogP contribution in [0.1, 0.15) is 32.6 Å². The zero-order valence-corrected chi connectivity index (χ0v) is 19.0. The third-order valence-electron chi connectivity index (χ3n) is 4.39. The minimum atomic E-state index is -1.75. The molecule has 0 aromatic rings. The molecule has 198 valence electrons. The van der Waals surface area contributed by atoms with Crippen LogP contribution in [0.4, 0.5) is 0 Å². The number of carboxylic acids is 2. The fraction of sp³-hybridized carbons (Fsp3) is 0.611. The number of aliphatic imine (C=N–C) groups is 1. The Balaban J connectivity index is 5.40. The van der Waals surface area contributed by atoms with Crippen LogP contribution in [-0.4, -0.2) is 93.7 Å². The number of carbonyl (C=O) groups is 6. The molecule has 0 bridgehead atoms. The smallest absolute Gasteiger partial charge is 0.326 e. The van der Waals surface area contributed by atoms with Gasteiger partial charge in [-0.15, -0.1) is 0 Å². The second-order valence-corrected chi connectivity index (χ2v) is 7.51. The van der Waals surface area contributed by atoms with E-state index in [9.17, 15) is 39.0 Å². The van der Waals surface area contributed by atoms with Gasteiger partial charge in [-0.1, -0.05) is 0 Å². The number of aliphatic hydroxyl groups is 1. The number of hydrogen-bond acceptors (Lipinski definition) is 9. The third kappa shape index (κ3) is 12.7. The number of primary amides is 1. The number of hydrogen-bond donors (Lipinski definition) is 10. The van der Waals surface area contributed by atoms with Crippen molar-refractivity contribution in [3.8, 4) is 0 Å². The van der Waals surface area contributed by atoms with E-state index in [-0.39, 0.29) is 25.3 Å². The summed E-state index contributed by atoms with van der Waals surface area (Å²) in [6, 6.07) is -6.35. The molecule has 0 aliphatic rings. The standard InChI is InChI=1S/C18H32N8O9/c1-7(27)13(16(33)24-9(17(34)35)3-2-4-23-18(21)22)26-15(32)10(6-12(29)30)25-14(31)8(19)5-11(20)28/h7-10,13,27H,2-6,19H2,1H3,(H2,20,28)(H,24,33)(H,25,31)(H,26,32)(H,29,30)(H,34,35)(H4,21,22,23). The van der Waals surface area contributed by atoms with Crippen LogP contribution >= 0.6 is 0 Å². The summed E-state index contributed by atoms with van der Waals surface area (Å²) >= 11 is 0. The molecule has 5 unspecified atom stereocenters. The molecular weight excluding hydrogens is 472 g/mol. The summed E-state index contributed by atoms with van der Waals surface area (Å²) in [5.74, 6) is -7.35. The normalized spacial score (nSPS) is 14.8. The van der Waals surface area contributed by atoms with Gasteiger partial charge < -0.3 is 54.2 Å². The van der Waals surface area contributed by atoms with Crippen LogP contribution in [0.25, 0.3) is 0 Å². The molecule has 5 atom stereocenters. The average Bonchev–Trinajstić information content (AvgIpc) is 2.71. The highest BCUT2D eigenvalue weighted by Gasteiger charge is 2.33. The lowest BCUT2D eigenvalue weighted by Crippen LogP contribution is -2.60. The third-order valence-corrected chi connectivity index (χ3v) is 4.39. The Labute approximate surface area is 199 Å². The molecule has 14 N–H and O–H groups in total. The number of guanidine groups is 1. The number of nitrogens with zero attached hydrogens (tertiary/aromatic N) is 1. The highest BCUT2D eigenvalue weighted by molar-refractivity contribution is 5.96. The Bertz CT molecular complexity index is 829. The fourth-order valence-electron chi connectivity index (χ4n) is 2.65. The van der Waals surface area contributed by atoms with Crippen LogP contribution in [0.15, 0.2) is 4.99 Å².